The molecule has 0 aliphatic carbocycles. The molecule has 0 fully saturated rings. The lowest BCUT2D eigenvalue weighted by atomic mass is 10.0. The van der Waals surface area contributed by atoms with Gasteiger partial charge in [0.2, 0.25) is 0 Å². The third-order valence-corrected chi connectivity index (χ3v) is 10.00. The summed E-state index contributed by atoms with van der Waals surface area (Å²) in [5.74, 6) is -1.77. The fourth-order valence-corrected chi connectivity index (χ4v) is 6.55. The Morgan fingerprint density at radius 1 is 0.608 bits per heavy atom. The van der Waals surface area contributed by atoms with Crippen LogP contribution in [0.2, 0.25) is 0 Å². The van der Waals surface area contributed by atoms with Crippen LogP contribution in [0.3, 0.4) is 0 Å². The predicted molar refractivity (Wildman–Crippen MR) is 208 cm³/mol. The summed E-state index contributed by atoms with van der Waals surface area (Å²) in [6, 6.07) is -1.47. The lowest BCUT2D eigenvalue weighted by Gasteiger charge is -2.20. The van der Waals surface area contributed by atoms with Gasteiger partial charge in [0, 0.05) is 13.0 Å². The number of hydrogen-bond donors (Lipinski definition) is 3. The van der Waals surface area contributed by atoms with Crippen molar-refractivity contribution >= 4 is 19.8 Å². The molecule has 4 N–H and O–H groups in total. The monoisotopic (exact) mass is 748 g/mol. The molecule has 0 aromatic carbocycles. The van der Waals surface area contributed by atoms with E-state index in [2.05, 4.69) is 26.0 Å². The number of unbranched alkanes of at least 4 members (excludes halogenated alkanes) is 24. The van der Waals surface area contributed by atoms with Gasteiger partial charge in [0.25, 0.3) is 0 Å². The zero-order valence-electron chi connectivity index (χ0n) is 32.7. The smallest absolute Gasteiger partial charge is 0.472 e. The molecule has 3 atom stereocenters. The maximum Gasteiger partial charge on any atom is 0.472 e. The van der Waals surface area contributed by atoms with E-state index in [0.717, 1.165) is 38.5 Å². The molecule has 3 unspecified atom stereocenters. The molecule has 0 spiro atoms. The van der Waals surface area contributed by atoms with Crippen LogP contribution < -0.4 is 5.73 Å². The van der Waals surface area contributed by atoms with Crippen molar-refractivity contribution < 1.29 is 42.7 Å². The van der Waals surface area contributed by atoms with Crippen LogP contribution in [0.15, 0.2) is 12.2 Å². The average Bonchev–Trinajstić information content (AvgIpc) is 3.10. The van der Waals surface area contributed by atoms with E-state index in [1.807, 2.05) is 0 Å². The van der Waals surface area contributed by atoms with E-state index in [4.69, 9.17) is 29.4 Å². The summed E-state index contributed by atoms with van der Waals surface area (Å²) in [4.78, 5) is 33.4. The number of rotatable bonds is 40. The van der Waals surface area contributed by atoms with E-state index in [0.29, 0.717) is 13.0 Å². The van der Waals surface area contributed by atoms with E-state index in [-0.39, 0.29) is 13.0 Å². The summed E-state index contributed by atoms with van der Waals surface area (Å²) in [5, 5.41) is 8.87. The van der Waals surface area contributed by atoms with E-state index in [1.54, 1.807) is 0 Å². The van der Waals surface area contributed by atoms with Crippen LogP contribution >= 0.6 is 7.82 Å². The van der Waals surface area contributed by atoms with Gasteiger partial charge in [-0.1, -0.05) is 161 Å². The molecular weight excluding hydrogens is 669 g/mol. The van der Waals surface area contributed by atoms with Crippen LogP contribution in [0.4, 0.5) is 0 Å². The minimum Gasteiger partial charge on any atom is -0.480 e. The summed E-state index contributed by atoms with van der Waals surface area (Å²) in [7, 11) is -4.61. The Labute approximate surface area is 312 Å². The minimum atomic E-state index is -4.61. The second-order valence-corrected chi connectivity index (χ2v) is 15.6. The van der Waals surface area contributed by atoms with Gasteiger partial charge >= 0.3 is 19.8 Å². The fraction of sp³-hybridized carbons (Fsp3) is 0.900. The second-order valence-electron chi connectivity index (χ2n) is 14.1. The zero-order chi connectivity index (χ0) is 37.7. The molecule has 0 aromatic heterocycles. The summed E-state index contributed by atoms with van der Waals surface area (Å²) in [5.41, 5.74) is 5.34. The highest BCUT2D eigenvalue weighted by Crippen LogP contribution is 2.43. The molecule has 0 saturated carbocycles. The second kappa shape index (κ2) is 37.0. The summed E-state index contributed by atoms with van der Waals surface area (Å²) in [6.45, 7) is 3.87. The highest BCUT2D eigenvalue weighted by atomic mass is 31.2. The fourth-order valence-electron chi connectivity index (χ4n) is 5.77. The van der Waals surface area contributed by atoms with Crippen LogP contribution in [0.25, 0.3) is 0 Å². The topological polar surface area (TPSA) is 155 Å². The van der Waals surface area contributed by atoms with Crippen molar-refractivity contribution in [3.8, 4) is 0 Å². The highest BCUT2D eigenvalue weighted by Gasteiger charge is 2.27. The molecule has 0 aliphatic heterocycles. The minimum absolute atomic E-state index is 0.0179. The van der Waals surface area contributed by atoms with Crippen molar-refractivity contribution in [2.45, 2.75) is 206 Å². The molecule has 0 bridgehead atoms. The van der Waals surface area contributed by atoms with Crippen molar-refractivity contribution in [1.29, 1.82) is 0 Å². The lowest BCUT2D eigenvalue weighted by molar-refractivity contribution is -0.154. The van der Waals surface area contributed by atoms with Gasteiger partial charge in [-0.2, -0.15) is 0 Å². The molecule has 0 rings (SSSR count). The van der Waals surface area contributed by atoms with Crippen LogP contribution in [-0.4, -0.2) is 60.5 Å². The maximum absolute atomic E-state index is 12.6. The lowest BCUT2D eigenvalue weighted by Crippen LogP contribution is -2.34. The molecular formula is C40H78NO9P. The van der Waals surface area contributed by atoms with Gasteiger partial charge in [0.1, 0.15) is 12.1 Å². The van der Waals surface area contributed by atoms with Crippen molar-refractivity contribution in [2.24, 2.45) is 5.73 Å². The summed E-state index contributed by atoms with van der Waals surface area (Å²) < 4.78 is 33.3. The van der Waals surface area contributed by atoms with Crippen molar-refractivity contribution in [3.63, 3.8) is 0 Å². The Bertz CT molecular complexity index is 873. The number of carbonyl (C=O) groups excluding carboxylic acids is 1. The van der Waals surface area contributed by atoms with Crippen LogP contribution in [0, 0.1) is 0 Å². The summed E-state index contributed by atoms with van der Waals surface area (Å²) in [6.07, 6.45) is 36.9. The van der Waals surface area contributed by atoms with Gasteiger partial charge in [-0.15, -0.1) is 0 Å². The molecule has 11 heteroatoms. The Morgan fingerprint density at radius 2 is 1.02 bits per heavy atom. The molecule has 0 amide bonds. The molecule has 10 nitrogen and oxygen atoms in total. The maximum atomic E-state index is 12.6. The number of allylic oxidation sites excluding steroid dienone is 2. The van der Waals surface area contributed by atoms with E-state index in [1.165, 1.54) is 128 Å². The van der Waals surface area contributed by atoms with Crippen LogP contribution in [-0.2, 0) is 32.7 Å². The first-order valence-corrected chi connectivity index (χ1v) is 22.2. The van der Waals surface area contributed by atoms with Gasteiger partial charge < -0.3 is 25.2 Å². The van der Waals surface area contributed by atoms with Gasteiger partial charge in [0.15, 0.2) is 0 Å². The Morgan fingerprint density at radius 3 is 1.49 bits per heavy atom. The molecule has 302 valence electrons. The van der Waals surface area contributed by atoms with Gasteiger partial charge in [-0.05, 0) is 38.5 Å². The number of aliphatic carboxylic acids is 1. The SMILES string of the molecule is CCCCCCCCC/C=C\CCCCCCCCOCC(COP(=O)(O)OCC(N)C(=O)O)OC(=O)CCCCCCCCCCCCCC. The molecule has 51 heavy (non-hydrogen) atoms. The molecule has 0 aliphatic rings. The van der Waals surface area contributed by atoms with Crippen molar-refractivity contribution in [3.05, 3.63) is 12.2 Å². The van der Waals surface area contributed by atoms with Gasteiger partial charge in [-0.3, -0.25) is 18.6 Å². The number of hydrogen-bond acceptors (Lipinski definition) is 8. The number of carbonyl (C=O) groups is 2. The van der Waals surface area contributed by atoms with Crippen LogP contribution in [0.5, 0.6) is 0 Å². The molecule has 0 saturated heterocycles. The quantitative estimate of drug-likeness (QED) is 0.0239. The number of carboxylic acid groups (broad SMARTS) is 1. The Kier molecular flexibility index (Phi) is 36.1. The number of esters is 1. The van der Waals surface area contributed by atoms with Crippen molar-refractivity contribution in [1.82, 2.24) is 0 Å². The molecule has 0 heterocycles. The molecule has 0 radical (unpaired) electrons. The summed E-state index contributed by atoms with van der Waals surface area (Å²) >= 11 is 0. The first-order valence-electron chi connectivity index (χ1n) is 20.7. The van der Waals surface area contributed by atoms with Crippen LogP contribution in [0.1, 0.15) is 194 Å². The standard InChI is InChI=1S/C40H78NO9P/c1-3-5-7-9-11-13-15-17-18-19-20-21-23-25-27-29-31-33-47-34-37(35-48-51(45,46)49-36-38(41)40(43)44)50-39(42)32-30-28-26-24-22-16-14-12-10-8-6-4-2/h18-19,37-38H,3-17,20-36,41H2,1-2H3,(H,43,44)(H,45,46)/b19-18-. The Hall–Kier alpha value is -1.29. The zero-order valence-corrected chi connectivity index (χ0v) is 33.6. The van der Waals surface area contributed by atoms with E-state index < -0.39 is 45.1 Å². The number of carboxylic acids is 1. The van der Waals surface area contributed by atoms with E-state index in [9.17, 15) is 19.0 Å². The van der Waals surface area contributed by atoms with Gasteiger partial charge in [-0.25, -0.2) is 4.57 Å². The number of ether oxygens (including phenoxy) is 2. The Balaban J connectivity index is 4.23. The largest absolute Gasteiger partial charge is 0.480 e. The highest BCUT2D eigenvalue weighted by molar-refractivity contribution is 7.47. The number of phosphoric acid groups is 1. The third kappa shape index (κ3) is 36.8. The number of phosphoric ester groups is 1. The van der Waals surface area contributed by atoms with E-state index >= 15 is 0 Å². The normalized spacial score (nSPS) is 14.1. The first kappa shape index (κ1) is 49.7. The van der Waals surface area contributed by atoms with Crippen molar-refractivity contribution in [2.75, 3.05) is 26.4 Å². The first-order chi connectivity index (χ1) is 24.7. The van der Waals surface area contributed by atoms with Gasteiger partial charge in [0.05, 0.1) is 19.8 Å². The molecule has 0 aromatic rings. The predicted octanol–water partition coefficient (Wildman–Crippen LogP) is 11.0. The average molecular weight is 748 g/mol. The number of nitrogens with two attached hydrogens (primary N) is 1. The third-order valence-electron chi connectivity index (χ3n) is 9.04.